The summed E-state index contributed by atoms with van der Waals surface area (Å²) >= 11 is 1.60. The minimum atomic E-state index is -0.0732. The summed E-state index contributed by atoms with van der Waals surface area (Å²) in [4.78, 5) is 16.5. The molecule has 86 valence electrons. The number of aromatic nitrogens is 3. The van der Waals surface area contributed by atoms with E-state index in [1.54, 1.807) is 17.4 Å². The second kappa shape index (κ2) is 3.85. The van der Waals surface area contributed by atoms with Crippen LogP contribution in [-0.4, -0.2) is 14.6 Å². The molecule has 1 N–H and O–H groups in total. The van der Waals surface area contributed by atoms with Crippen molar-refractivity contribution < 1.29 is 0 Å². The molecule has 4 nitrogen and oxygen atoms in total. The van der Waals surface area contributed by atoms with Crippen molar-refractivity contribution >= 4 is 17.0 Å². The van der Waals surface area contributed by atoms with Crippen molar-refractivity contribution in [1.82, 2.24) is 14.6 Å². The number of fused-ring (bicyclic) bond motifs is 1. The minimum absolute atomic E-state index is 0.0732. The van der Waals surface area contributed by atoms with Crippen molar-refractivity contribution in [3.63, 3.8) is 0 Å². The molecular formula is C12H11N3OS. The molecule has 3 aromatic rings. The van der Waals surface area contributed by atoms with Crippen LogP contribution in [0, 0.1) is 0 Å². The summed E-state index contributed by atoms with van der Waals surface area (Å²) in [7, 11) is 0. The Balaban J connectivity index is 2.32. The van der Waals surface area contributed by atoms with E-state index in [4.69, 9.17) is 0 Å². The highest BCUT2D eigenvalue weighted by atomic mass is 32.1. The second-order valence-electron chi connectivity index (χ2n) is 3.80. The van der Waals surface area contributed by atoms with Gasteiger partial charge >= 0.3 is 0 Å². The SMILES string of the molecule is CCc1c[nH]n2c(=O)cc(-c3ccsc3)nc12. The maximum atomic E-state index is 11.9. The maximum absolute atomic E-state index is 11.9. The van der Waals surface area contributed by atoms with Crippen molar-refractivity contribution in [2.75, 3.05) is 0 Å². The zero-order chi connectivity index (χ0) is 11.8. The van der Waals surface area contributed by atoms with E-state index in [2.05, 4.69) is 10.1 Å². The standard InChI is InChI=1S/C12H11N3OS/c1-2-8-6-13-15-11(16)5-10(14-12(8)15)9-3-4-17-7-9/h3-7,13H,2H2,1H3. The van der Waals surface area contributed by atoms with Gasteiger partial charge in [-0.3, -0.25) is 9.89 Å². The highest BCUT2D eigenvalue weighted by Gasteiger charge is 2.09. The summed E-state index contributed by atoms with van der Waals surface area (Å²) in [6.07, 6.45) is 2.69. The van der Waals surface area contributed by atoms with Gasteiger partial charge in [-0.15, -0.1) is 0 Å². The first-order valence-corrected chi connectivity index (χ1v) is 6.36. The Bertz CT molecular complexity index is 709. The number of nitrogens with zero attached hydrogens (tertiary/aromatic N) is 2. The molecule has 0 aliphatic heterocycles. The molecule has 0 spiro atoms. The Labute approximate surface area is 102 Å². The fourth-order valence-electron chi connectivity index (χ4n) is 1.85. The monoisotopic (exact) mass is 245 g/mol. The van der Waals surface area contributed by atoms with Crippen LogP contribution in [0.3, 0.4) is 0 Å². The maximum Gasteiger partial charge on any atom is 0.273 e. The van der Waals surface area contributed by atoms with Gasteiger partial charge in [-0.25, -0.2) is 9.50 Å². The van der Waals surface area contributed by atoms with Gasteiger partial charge in [-0.2, -0.15) is 11.3 Å². The first kappa shape index (κ1) is 10.3. The number of thiophene rings is 1. The number of aromatic amines is 1. The van der Waals surface area contributed by atoms with Crippen molar-refractivity contribution in [2.45, 2.75) is 13.3 Å². The number of hydrogen-bond acceptors (Lipinski definition) is 3. The van der Waals surface area contributed by atoms with Crippen LogP contribution in [0.5, 0.6) is 0 Å². The Kier molecular flexibility index (Phi) is 2.33. The minimum Gasteiger partial charge on any atom is -0.297 e. The van der Waals surface area contributed by atoms with E-state index in [1.807, 2.05) is 29.9 Å². The molecule has 0 aromatic carbocycles. The topological polar surface area (TPSA) is 50.2 Å². The van der Waals surface area contributed by atoms with E-state index >= 15 is 0 Å². The van der Waals surface area contributed by atoms with Gasteiger partial charge in [0.15, 0.2) is 5.65 Å². The third-order valence-corrected chi connectivity index (χ3v) is 3.45. The van der Waals surface area contributed by atoms with Crippen LogP contribution < -0.4 is 5.56 Å². The lowest BCUT2D eigenvalue weighted by Gasteiger charge is -1.99. The Morgan fingerprint density at radius 3 is 3.12 bits per heavy atom. The van der Waals surface area contributed by atoms with Gasteiger partial charge in [0.25, 0.3) is 5.56 Å². The number of aryl methyl sites for hydroxylation is 1. The lowest BCUT2D eigenvalue weighted by molar-refractivity contribution is 0.901. The summed E-state index contributed by atoms with van der Waals surface area (Å²) < 4.78 is 1.48. The first-order valence-electron chi connectivity index (χ1n) is 5.42. The van der Waals surface area contributed by atoms with E-state index in [0.717, 1.165) is 28.9 Å². The molecule has 0 bridgehead atoms. The fourth-order valence-corrected chi connectivity index (χ4v) is 2.50. The molecule has 3 rings (SSSR count). The van der Waals surface area contributed by atoms with E-state index in [1.165, 1.54) is 4.52 Å². The highest BCUT2D eigenvalue weighted by molar-refractivity contribution is 7.08. The van der Waals surface area contributed by atoms with Crippen molar-refractivity contribution in [2.24, 2.45) is 0 Å². The van der Waals surface area contributed by atoms with Gasteiger partial charge in [0.1, 0.15) is 0 Å². The van der Waals surface area contributed by atoms with Gasteiger partial charge in [0, 0.05) is 28.8 Å². The van der Waals surface area contributed by atoms with Gasteiger partial charge in [-0.1, -0.05) is 6.92 Å². The lowest BCUT2D eigenvalue weighted by atomic mass is 10.2. The molecule has 0 amide bonds. The average Bonchev–Trinajstić information content (AvgIpc) is 2.97. The van der Waals surface area contributed by atoms with Crippen LogP contribution in [0.25, 0.3) is 16.9 Å². The number of hydrogen-bond donors (Lipinski definition) is 1. The molecule has 0 saturated carbocycles. The number of rotatable bonds is 2. The predicted octanol–water partition coefficient (Wildman–Crippen LogP) is 2.31. The molecule has 3 heterocycles. The molecular weight excluding hydrogens is 234 g/mol. The van der Waals surface area contributed by atoms with Gasteiger partial charge < -0.3 is 0 Å². The average molecular weight is 245 g/mol. The van der Waals surface area contributed by atoms with E-state index < -0.39 is 0 Å². The smallest absolute Gasteiger partial charge is 0.273 e. The molecule has 0 fully saturated rings. The molecule has 5 heteroatoms. The van der Waals surface area contributed by atoms with Crippen LogP contribution in [0.4, 0.5) is 0 Å². The van der Waals surface area contributed by atoms with E-state index in [9.17, 15) is 4.79 Å². The van der Waals surface area contributed by atoms with Crippen LogP contribution in [0.15, 0.2) is 33.9 Å². The molecule has 3 aromatic heterocycles. The normalized spacial score (nSPS) is 11.1. The van der Waals surface area contributed by atoms with E-state index in [0.29, 0.717) is 0 Å². The van der Waals surface area contributed by atoms with Crippen LogP contribution >= 0.6 is 11.3 Å². The van der Waals surface area contributed by atoms with Crippen molar-refractivity contribution in [3.8, 4) is 11.3 Å². The number of nitrogens with one attached hydrogen (secondary N) is 1. The molecule has 17 heavy (non-hydrogen) atoms. The quantitative estimate of drug-likeness (QED) is 0.753. The zero-order valence-corrected chi connectivity index (χ0v) is 10.1. The van der Waals surface area contributed by atoms with Gasteiger partial charge in [0.05, 0.1) is 5.69 Å². The van der Waals surface area contributed by atoms with Crippen LogP contribution in [0.2, 0.25) is 0 Å². The third kappa shape index (κ3) is 1.59. The van der Waals surface area contributed by atoms with Gasteiger partial charge in [-0.05, 0) is 17.9 Å². The largest absolute Gasteiger partial charge is 0.297 e. The Morgan fingerprint density at radius 1 is 1.53 bits per heavy atom. The van der Waals surface area contributed by atoms with Crippen LogP contribution in [0.1, 0.15) is 12.5 Å². The van der Waals surface area contributed by atoms with Gasteiger partial charge in [0.2, 0.25) is 0 Å². The van der Waals surface area contributed by atoms with Crippen molar-refractivity contribution in [1.29, 1.82) is 0 Å². The molecule has 0 saturated heterocycles. The fraction of sp³-hybridized carbons (Fsp3) is 0.167. The molecule has 0 unspecified atom stereocenters. The first-order chi connectivity index (χ1) is 8.29. The molecule has 0 aliphatic carbocycles. The van der Waals surface area contributed by atoms with E-state index in [-0.39, 0.29) is 5.56 Å². The Hall–Kier alpha value is -1.88. The zero-order valence-electron chi connectivity index (χ0n) is 9.30. The number of H-pyrrole nitrogens is 1. The lowest BCUT2D eigenvalue weighted by Crippen LogP contribution is -2.14. The molecule has 0 aliphatic rings. The third-order valence-electron chi connectivity index (χ3n) is 2.77. The molecule has 0 radical (unpaired) electrons. The Morgan fingerprint density at radius 2 is 2.41 bits per heavy atom. The predicted molar refractivity (Wildman–Crippen MR) is 68.5 cm³/mol. The highest BCUT2D eigenvalue weighted by Crippen LogP contribution is 2.20. The summed E-state index contributed by atoms with van der Waals surface area (Å²) in [5.74, 6) is 0. The summed E-state index contributed by atoms with van der Waals surface area (Å²) in [6.45, 7) is 2.05. The summed E-state index contributed by atoms with van der Waals surface area (Å²) in [6, 6.07) is 3.53. The summed E-state index contributed by atoms with van der Waals surface area (Å²) in [5.41, 5.74) is 3.44. The summed E-state index contributed by atoms with van der Waals surface area (Å²) in [5, 5.41) is 6.90. The van der Waals surface area contributed by atoms with Crippen molar-refractivity contribution in [3.05, 3.63) is 45.0 Å². The second-order valence-corrected chi connectivity index (χ2v) is 4.58. The van der Waals surface area contributed by atoms with Crippen LogP contribution in [-0.2, 0) is 6.42 Å². The molecule has 0 atom stereocenters.